The molecule has 0 aliphatic carbocycles. The van der Waals surface area contributed by atoms with Crippen LogP contribution in [0.3, 0.4) is 0 Å². The van der Waals surface area contributed by atoms with Gasteiger partial charge in [0, 0.05) is 13.5 Å². The van der Waals surface area contributed by atoms with Gasteiger partial charge >= 0.3 is 0 Å². The van der Waals surface area contributed by atoms with E-state index < -0.39 is 5.60 Å². The quantitative estimate of drug-likeness (QED) is 0.880. The summed E-state index contributed by atoms with van der Waals surface area (Å²) in [7, 11) is 2.01. The first-order chi connectivity index (χ1) is 8.09. The lowest BCUT2D eigenvalue weighted by molar-refractivity contribution is 0.0302. The first-order valence-corrected chi connectivity index (χ1v) is 6.22. The summed E-state index contributed by atoms with van der Waals surface area (Å²) >= 11 is 0. The molecule has 0 saturated heterocycles. The molecular weight excluding hydrogens is 212 g/mol. The molecule has 0 bridgehead atoms. The monoisotopic (exact) mass is 232 g/mol. The summed E-state index contributed by atoms with van der Waals surface area (Å²) in [5, 5.41) is 10.4. The average Bonchev–Trinajstić information content (AvgIpc) is 2.67. The van der Waals surface area contributed by atoms with Crippen LogP contribution in [0.4, 0.5) is 0 Å². The maximum Gasteiger partial charge on any atom is 0.112 e. The summed E-state index contributed by atoms with van der Waals surface area (Å²) in [6.07, 6.45) is 2.13. The van der Waals surface area contributed by atoms with E-state index in [0.717, 1.165) is 29.7 Å². The Labute approximate surface area is 102 Å². The Morgan fingerprint density at radius 1 is 1.24 bits per heavy atom. The van der Waals surface area contributed by atoms with Gasteiger partial charge in [0.25, 0.3) is 0 Å². The van der Waals surface area contributed by atoms with E-state index in [-0.39, 0.29) is 0 Å². The second-order valence-electron chi connectivity index (χ2n) is 4.68. The summed E-state index contributed by atoms with van der Waals surface area (Å²) in [6, 6.07) is 8.07. The van der Waals surface area contributed by atoms with E-state index in [1.807, 2.05) is 39.1 Å². The molecule has 0 unspecified atom stereocenters. The summed E-state index contributed by atoms with van der Waals surface area (Å²) in [4.78, 5) is 4.60. The minimum Gasteiger partial charge on any atom is -0.389 e. The minimum atomic E-state index is -0.630. The molecule has 1 heterocycles. The molecule has 0 aliphatic rings. The van der Waals surface area contributed by atoms with Gasteiger partial charge in [0.2, 0.25) is 0 Å². The van der Waals surface area contributed by atoms with E-state index in [2.05, 4.69) is 15.6 Å². The van der Waals surface area contributed by atoms with Crippen LogP contribution in [0.25, 0.3) is 11.0 Å². The molecule has 3 nitrogen and oxygen atoms in total. The molecule has 0 amide bonds. The number of fused-ring (bicyclic) bond motifs is 1. The zero-order valence-electron chi connectivity index (χ0n) is 10.8. The van der Waals surface area contributed by atoms with Gasteiger partial charge in [-0.3, -0.25) is 0 Å². The second-order valence-corrected chi connectivity index (χ2v) is 4.68. The molecule has 0 aliphatic heterocycles. The average molecular weight is 232 g/mol. The number of hydrogen-bond donors (Lipinski definition) is 1. The first-order valence-electron chi connectivity index (χ1n) is 6.22. The van der Waals surface area contributed by atoms with E-state index >= 15 is 0 Å². The predicted molar refractivity (Wildman–Crippen MR) is 69.9 cm³/mol. The Balaban J connectivity index is 2.39. The Morgan fingerprint density at radius 2 is 1.88 bits per heavy atom. The van der Waals surface area contributed by atoms with Crippen molar-refractivity contribution in [3.05, 3.63) is 30.1 Å². The van der Waals surface area contributed by atoms with Crippen LogP contribution in [0, 0.1) is 0 Å². The van der Waals surface area contributed by atoms with Crippen LogP contribution < -0.4 is 0 Å². The van der Waals surface area contributed by atoms with Gasteiger partial charge in [0.1, 0.15) is 5.82 Å². The zero-order chi connectivity index (χ0) is 12.5. The second kappa shape index (κ2) is 4.49. The molecule has 17 heavy (non-hydrogen) atoms. The van der Waals surface area contributed by atoms with E-state index in [1.165, 1.54) is 0 Å². The number of rotatable bonds is 4. The number of hydrogen-bond acceptors (Lipinski definition) is 2. The summed E-state index contributed by atoms with van der Waals surface area (Å²) in [5.41, 5.74) is 1.49. The summed E-state index contributed by atoms with van der Waals surface area (Å²) < 4.78 is 2.08. The van der Waals surface area contributed by atoms with Crippen molar-refractivity contribution in [2.24, 2.45) is 7.05 Å². The standard InChI is InChI=1S/C14H20N2O/c1-4-14(17,5-2)10-13-15-11-8-6-7-9-12(11)16(13)3/h6-9,17H,4-5,10H2,1-3H3. The normalized spacial score (nSPS) is 12.2. The largest absolute Gasteiger partial charge is 0.389 e. The van der Waals surface area contributed by atoms with Crippen LogP contribution in [0.2, 0.25) is 0 Å². The number of para-hydroxylation sites is 2. The van der Waals surface area contributed by atoms with Crippen molar-refractivity contribution in [1.29, 1.82) is 0 Å². The predicted octanol–water partition coefficient (Wildman–Crippen LogP) is 2.67. The molecule has 2 rings (SSSR count). The molecule has 0 saturated carbocycles. The maximum absolute atomic E-state index is 10.4. The van der Waals surface area contributed by atoms with E-state index in [9.17, 15) is 5.11 Å². The van der Waals surface area contributed by atoms with Gasteiger partial charge in [-0.1, -0.05) is 26.0 Å². The molecule has 1 aromatic heterocycles. The SMILES string of the molecule is CCC(O)(CC)Cc1nc2ccccc2n1C. The number of nitrogens with zero attached hydrogens (tertiary/aromatic N) is 2. The smallest absolute Gasteiger partial charge is 0.112 e. The molecule has 0 radical (unpaired) electrons. The highest BCUT2D eigenvalue weighted by molar-refractivity contribution is 5.75. The molecule has 0 atom stereocenters. The van der Waals surface area contributed by atoms with Crippen LogP contribution >= 0.6 is 0 Å². The van der Waals surface area contributed by atoms with Crippen LogP contribution in [-0.2, 0) is 13.5 Å². The summed E-state index contributed by atoms with van der Waals surface area (Å²) in [5.74, 6) is 0.956. The van der Waals surface area contributed by atoms with Crippen LogP contribution in [0.15, 0.2) is 24.3 Å². The molecule has 1 aromatic carbocycles. The number of aryl methyl sites for hydroxylation is 1. The van der Waals surface area contributed by atoms with Crippen LogP contribution in [0.1, 0.15) is 32.5 Å². The first kappa shape index (κ1) is 12.1. The van der Waals surface area contributed by atoms with Gasteiger partial charge < -0.3 is 9.67 Å². The fourth-order valence-corrected chi connectivity index (χ4v) is 2.15. The van der Waals surface area contributed by atoms with E-state index in [1.54, 1.807) is 0 Å². The Kier molecular flexibility index (Phi) is 3.20. The van der Waals surface area contributed by atoms with Crippen molar-refractivity contribution in [3.8, 4) is 0 Å². The third kappa shape index (κ3) is 2.20. The lowest BCUT2D eigenvalue weighted by Crippen LogP contribution is -2.30. The highest BCUT2D eigenvalue weighted by Gasteiger charge is 2.25. The van der Waals surface area contributed by atoms with Gasteiger partial charge in [-0.25, -0.2) is 4.98 Å². The Morgan fingerprint density at radius 3 is 2.47 bits per heavy atom. The molecule has 0 fully saturated rings. The Bertz CT molecular complexity index is 512. The van der Waals surface area contributed by atoms with Crippen molar-refractivity contribution in [1.82, 2.24) is 9.55 Å². The third-order valence-corrected chi connectivity index (χ3v) is 3.68. The summed E-state index contributed by atoms with van der Waals surface area (Å²) in [6.45, 7) is 4.04. The maximum atomic E-state index is 10.4. The van der Waals surface area contributed by atoms with Crippen LogP contribution in [0.5, 0.6) is 0 Å². The highest BCUT2D eigenvalue weighted by Crippen LogP contribution is 2.23. The van der Waals surface area contributed by atoms with Gasteiger partial charge in [0.15, 0.2) is 0 Å². The van der Waals surface area contributed by atoms with Gasteiger partial charge in [0.05, 0.1) is 16.6 Å². The topological polar surface area (TPSA) is 38.1 Å². The molecule has 92 valence electrons. The number of benzene rings is 1. The number of aliphatic hydroxyl groups is 1. The molecule has 2 aromatic rings. The lowest BCUT2D eigenvalue weighted by Gasteiger charge is -2.24. The molecule has 3 heteroatoms. The highest BCUT2D eigenvalue weighted by atomic mass is 16.3. The lowest BCUT2D eigenvalue weighted by atomic mass is 9.93. The fourth-order valence-electron chi connectivity index (χ4n) is 2.15. The van der Waals surface area contributed by atoms with E-state index in [4.69, 9.17) is 0 Å². The van der Waals surface area contributed by atoms with Crippen LogP contribution in [-0.4, -0.2) is 20.3 Å². The number of imidazole rings is 1. The van der Waals surface area contributed by atoms with Gasteiger partial charge in [-0.15, -0.1) is 0 Å². The van der Waals surface area contributed by atoms with Crippen molar-refractivity contribution < 1.29 is 5.11 Å². The zero-order valence-corrected chi connectivity index (χ0v) is 10.8. The van der Waals surface area contributed by atoms with Crippen molar-refractivity contribution in [3.63, 3.8) is 0 Å². The van der Waals surface area contributed by atoms with Crippen molar-refractivity contribution >= 4 is 11.0 Å². The molecule has 0 spiro atoms. The van der Waals surface area contributed by atoms with E-state index in [0.29, 0.717) is 6.42 Å². The molecular formula is C14H20N2O. The van der Waals surface area contributed by atoms with Crippen molar-refractivity contribution in [2.75, 3.05) is 0 Å². The molecule has 1 N–H and O–H groups in total. The fraction of sp³-hybridized carbons (Fsp3) is 0.500. The third-order valence-electron chi connectivity index (χ3n) is 3.68. The van der Waals surface area contributed by atoms with Crippen molar-refractivity contribution in [2.45, 2.75) is 38.7 Å². The van der Waals surface area contributed by atoms with Gasteiger partial charge in [-0.2, -0.15) is 0 Å². The number of aromatic nitrogens is 2. The Hall–Kier alpha value is -1.35. The van der Waals surface area contributed by atoms with Gasteiger partial charge in [-0.05, 0) is 25.0 Å². The minimum absolute atomic E-state index is 0.616.